The average molecular weight is 197 g/mol. The number of likely N-dealkylation sites (N-methyl/N-ethyl adjacent to an activating group) is 1. The Morgan fingerprint density at radius 1 is 1.69 bits per heavy atom. The van der Waals surface area contributed by atoms with E-state index >= 15 is 0 Å². The fourth-order valence-electron chi connectivity index (χ4n) is 1.64. The highest BCUT2D eigenvalue weighted by Gasteiger charge is 2.19. The number of piperazine rings is 1. The molecule has 0 saturated carbocycles. The zero-order chi connectivity index (χ0) is 9.26. The molecule has 0 aliphatic carbocycles. The van der Waals surface area contributed by atoms with Gasteiger partial charge in [-0.2, -0.15) is 0 Å². The molecule has 1 aliphatic heterocycles. The first-order valence-corrected chi connectivity index (χ1v) is 5.47. The Morgan fingerprint density at radius 2 is 2.54 bits per heavy atom. The van der Waals surface area contributed by atoms with Crippen molar-refractivity contribution in [2.75, 3.05) is 26.7 Å². The fraction of sp³-hybridized carbons (Fsp3) is 0.667. The van der Waals surface area contributed by atoms with Gasteiger partial charge in [-0.1, -0.05) is 0 Å². The van der Waals surface area contributed by atoms with E-state index in [-0.39, 0.29) is 0 Å². The summed E-state index contributed by atoms with van der Waals surface area (Å²) in [5.74, 6) is 0. The van der Waals surface area contributed by atoms with Crippen LogP contribution in [0.2, 0.25) is 0 Å². The Morgan fingerprint density at radius 3 is 3.15 bits per heavy atom. The number of hydrogen-bond acceptors (Lipinski definition) is 4. The van der Waals surface area contributed by atoms with Gasteiger partial charge in [0.2, 0.25) is 0 Å². The molecule has 72 valence electrons. The minimum absolute atomic E-state index is 0.434. The van der Waals surface area contributed by atoms with Gasteiger partial charge in [-0.3, -0.25) is 0 Å². The van der Waals surface area contributed by atoms with E-state index in [9.17, 15) is 0 Å². The van der Waals surface area contributed by atoms with Crippen molar-refractivity contribution in [1.82, 2.24) is 15.2 Å². The molecule has 0 amide bonds. The lowest BCUT2D eigenvalue weighted by Gasteiger charge is -2.29. The molecule has 1 fully saturated rings. The molecule has 0 bridgehead atoms. The Balaban J connectivity index is 2.08. The van der Waals surface area contributed by atoms with Crippen molar-refractivity contribution in [2.45, 2.75) is 13.0 Å². The normalized spacial score (nSPS) is 24.9. The largest absolute Gasteiger partial charge is 0.306 e. The lowest BCUT2D eigenvalue weighted by Crippen LogP contribution is -2.43. The summed E-state index contributed by atoms with van der Waals surface area (Å²) in [6.07, 6.45) is 0. The SMILES string of the molecule is Cc1nc(C2CN(C)CCN2)cs1. The van der Waals surface area contributed by atoms with Gasteiger partial charge < -0.3 is 10.2 Å². The molecule has 1 N–H and O–H groups in total. The summed E-state index contributed by atoms with van der Waals surface area (Å²) in [5, 5.41) is 6.80. The Bertz CT molecular complexity index is 284. The second-order valence-corrected chi connectivity index (χ2v) is 4.62. The van der Waals surface area contributed by atoms with Gasteiger partial charge in [0.25, 0.3) is 0 Å². The highest BCUT2D eigenvalue weighted by molar-refractivity contribution is 7.09. The van der Waals surface area contributed by atoms with E-state index in [1.807, 2.05) is 0 Å². The van der Waals surface area contributed by atoms with E-state index in [4.69, 9.17) is 0 Å². The van der Waals surface area contributed by atoms with Crippen molar-refractivity contribution in [3.8, 4) is 0 Å². The van der Waals surface area contributed by atoms with Crippen molar-refractivity contribution in [2.24, 2.45) is 0 Å². The van der Waals surface area contributed by atoms with Crippen LogP contribution in [0.3, 0.4) is 0 Å². The molecule has 1 unspecified atom stereocenters. The number of aryl methyl sites for hydroxylation is 1. The van der Waals surface area contributed by atoms with E-state index in [0.29, 0.717) is 6.04 Å². The molecule has 0 aromatic carbocycles. The quantitative estimate of drug-likeness (QED) is 0.729. The molecule has 2 rings (SSSR count). The zero-order valence-electron chi connectivity index (χ0n) is 8.08. The molecule has 4 heteroatoms. The van der Waals surface area contributed by atoms with Crippen LogP contribution in [-0.2, 0) is 0 Å². The van der Waals surface area contributed by atoms with Crippen molar-refractivity contribution in [3.63, 3.8) is 0 Å². The van der Waals surface area contributed by atoms with Gasteiger partial charge in [0, 0.05) is 25.0 Å². The maximum atomic E-state index is 4.50. The zero-order valence-corrected chi connectivity index (χ0v) is 8.90. The maximum absolute atomic E-state index is 4.50. The lowest BCUT2D eigenvalue weighted by molar-refractivity contribution is 0.238. The van der Waals surface area contributed by atoms with Crippen molar-refractivity contribution >= 4 is 11.3 Å². The van der Waals surface area contributed by atoms with E-state index in [1.54, 1.807) is 11.3 Å². The standard InChI is InChI=1S/C9H15N3S/c1-7-11-9(6-13-7)8-5-12(2)4-3-10-8/h6,8,10H,3-5H2,1-2H3. The first-order valence-electron chi connectivity index (χ1n) is 4.59. The third-order valence-corrected chi connectivity index (χ3v) is 3.16. The second kappa shape index (κ2) is 3.74. The van der Waals surface area contributed by atoms with Crippen LogP contribution < -0.4 is 5.32 Å². The van der Waals surface area contributed by atoms with Gasteiger partial charge in [-0.05, 0) is 14.0 Å². The minimum Gasteiger partial charge on any atom is -0.306 e. The first kappa shape index (κ1) is 9.12. The highest BCUT2D eigenvalue weighted by atomic mass is 32.1. The number of rotatable bonds is 1. The van der Waals surface area contributed by atoms with E-state index in [1.165, 1.54) is 5.69 Å². The number of nitrogens with zero attached hydrogens (tertiary/aromatic N) is 2. The van der Waals surface area contributed by atoms with Crippen LogP contribution in [0, 0.1) is 6.92 Å². The third kappa shape index (κ3) is 2.07. The Kier molecular flexibility index (Phi) is 2.62. The van der Waals surface area contributed by atoms with Crippen molar-refractivity contribution in [3.05, 3.63) is 16.1 Å². The van der Waals surface area contributed by atoms with Gasteiger partial charge >= 0.3 is 0 Å². The van der Waals surface area contributed by atoms with E-state index < -0.39 is 0 Å². The van der Waals surface area contributed by atoms with Crippen LogP contribution in [0.5, 0.6) is 0 Å². The molecule has 0 spiro atoms. The van der Waals surface area contributed by atoms with Crippen LogP contribution in [-0.4, -0.2) is 36.6 Å². The van der Waals surface area contributed by atoms with Crippen molar-refractivity contribution < 1.29 is 0 Å². The molecule has 0 radical (unpaired) electrons. The Hall–Kier alpha value is -0.450. The van der Waals surface area contributed by atoms with Crippen LogP contribution in [0.15, 0.2) is 5.38 Å². The van der Waals surface area contributed by atoms with Gasteiger partial charge in [0.15, 0.2) is 0 Å². The molecule has 3 nitrogen and oxygen atoms in total. The summed E-state index contributed by atoms with van der Waals surface area (Å²) in [5.41, 5.74) is 1.20. The van der Waals surface area contributed by atoms with E-state index in [2.05, 4.69) is 34.6 Å². The van der Waals surface area contributed by atoms with Gasteiger partial charge in [-0.15, -0.1) is 11.3 Å². The summed E-state index contributed by atoms with van der Waals surface area (Å²) in [6.45, 7) is 5.33. The second-order valence-electron chi connectivity index (χ2n) is 3.56. The number of hydrogen-bond donors (Lipinski definition) is 1. The number of thiazole rings is 1. The van der Waals surface area contributed by atoms with Gasteiger partial charge in [-0.25, -0.2) is 4.98 Å². The predicted molar refractivity (Wildman–Crippen MR) is 55.1 cm³/mol. The molecule has 1 saturated heterocycles. The Labute approximate surface area is 82.8 Å². The third-order valence-electron chi connectivity index (χ3n) is 2.37. The molecular formula is C9H15N3S. The molecule has 2 heterocycles. The lowest BCUT2D eigenvalue weighted by atomic mass is 10.2. The molecule has 1 aromatic heterocycles. The first-order chi connectivity index (χ1) is 6.25. The van der Waals surface area contributed by atoms with Crippen LogP contribution >= 0.6 is 11.3 Å². The summed E-state index contributed by atoms with van der Waals surface area (Å²) in [6, 6.07) is 0.434. The predicted octanol–water partition coefficient (Wildman–Crippen LogP) is 1.03. The molecule has 1 aromatic rings. The van der Waals surface area contributed by atoms with Gasteiger partial charge in [0.1, 0.15) is 0 Å². The number of nitrogens with one attached hydrogen (secondary N) is 1. The molecular weight excluding hydrogens is 182 g/mol. The fourth-order valence-corrected chi connectivity index (χ4v) is 2.30. The maximum Gasteiger partial charge on any atom is 0.0898 e. The molecule has 1 aliphatic rings. The average Bonchev–Trinajstić information content (AvgIpc) is 2.52. The molecule has 1 atom stereocenters. The van der Waals surface area contributed by atoms with Crippen LogP contribution in [0.1, 0.15) is 16.7 Å². The van der Waals surface area contributed by atoms with Gasteiger partial charge in [0.05, 0.1) is 16.7 Å². The topological polar surface area (TPSA) is 28.2 Å². The smallest absolute Gasteiger partial charge is 0.0898 e. The highest BCUT2D eigenvalue weighted by Crippen LogP contribution is 2.18. The monoisotopic (exact) mass is 197 g/mol. The summed E-state index contributed by atoms with van der Waals surface area (Å²) < 4.78 is 0. The number of aromatic nitrogens is 1. The summed E-state index contributed by atoms with van der Waals surface area (Å²) in [4.78, 5) is 6.84. The van der Waals surface area contributed by atoms with Crippen molar-refractivity contribution in [1.29, 1.82) is 0 Å². The summed E-state index contributed by atoms with van der Waals surface area (Å²) in [7, 11) is 2.16. The van der Waals surface area contributed by atoms with Crippen LogP contribution in [0.25, 0.3) is 0 Å². The van der Waals surface area contributed by atoms with E-state index in [0.717, 1.165) is 24.6 Å². The van der Waals surface area contributed by atoms with Crippen LogP contribution in [0.4, 0.5) is 0 Å². The minimum atomic E-state index is 0.434. The summed E-state index contributed by atoms with van der Waals surface area (Å²) >= 11 is 1.73. The molecule has 13 heavy (non-hydrogen) atoms.